The maximum atomic E-state index is 13.7. The zero-order valence-electron chi connectivity index (χ0n) is 22.4. The lowest BCUT2D eigenvalue weighted by Gasteiger charge is -2.32. The van der Waals surface area contributed by atoms with Crippen LogP contribution in [0.2, 0.25) is 0 Å². The number of aromatic nitrogens is 3. The van der Waals surface area contributed by atoms with Crippen LogP contribution in [0, 0.1) is 11.8 Å². The molecule has 7 heteroatoms. The second kappa shape index (κ2) is 13.2. The van der Waals surface area contributed by atoms with Gasteiger partial charge in [0, 0.05) is 37.2 Å². The minimum Gasteiger partial charge on any atom is -0.353 e. The number of nitrogens with one attached hydrogen (secondary N) is 1. The van der Waals surface area contributed by atoms with E-state index in [0.717, 1.165) is 46.6 Å². The first-order valence-corrected chi connectivity index (χ1v) is 14.7. The second-order valence-electron chi connectivity index (χ2n) is 10.7. The summed E-state index contributed by atoms with van der Waals surface area (Å²) < 4.78 is 1.15. The molecule has 2 atom stereocenters. The maximum Gasteiger partial charge on any atom is 0.224 e. The van der Waals surface area contributed by atoms with E-state index in [4.69, 9.17) is 4.98 Å². The zero-order chi connectivity index (χ0) is 26.2. The first kappa shape index (κ1) is 27.4. The van der Waals surface area contributed by atoms with Gasteiger partial charge in [0.25, 0.3) is 0 Å². The number of carbonyl (C=O) groups is 2. The minimum atomic E-state index is -0.400. The van der Waals surface area contributed by atoms with E-state index in [-0.39, 0.29) is 24.2 Å². The summed E-state index contributed by atoms with van der Waals surface area (Å²) in [7, 11) is 0. The Hall–Kier alpha value is -2.67. The van der Waals surface area contributed by atoms with Gasteiger partial charge >= 0.3 is 0 Å². The van der Waals surface area contributed by atoms with Crippen molar-refractivity contribution in [3.63, 3.8) is 0 Å². The van der Waals surface area contributed by atoms with Crippen molar-refractivity contribution in [2.75, 3.05) is 0 Å². The molecule has 1 aromatic carbocycles. The molecule has 4 rings (SSSR count). The third-order valence-electron chi connectivity index (χ3n) is 7.68. The van der Waals surface area contributed by atoms with Crippen LogP contribution in [0.1, 0.15) is 94.3 Å². The number of Topliss-reactive ketones (excluding diaryl/α,β-unsaturated/α-hetero) is 1. The van der Waals surface area contributed by atoms with Crippen molar-refractivity contribution in [3.05, 3.63) is 53.1 Å². The van der Waals surface area contributed by atoms with E-state index in [9.17, 15) is 9.59 Å². The molecule has 1 amide bonds. The minimum absolute atomic E-state index is 0.0119. The molecule has 0 saturated heterocycles. The first-order chi connectivity index (χ1) is 17.9. The van der Waals surface area contributed by atoms with Gasteiger partial charge in [0.15, 0.2) is 0 Å². The fourth-order valence-electron chi connectivity index (χ4n) is 5.36. The van der Waals surface area contributed by atoms with Gasteiger partial charge < -0.3 is 5.32 Å². The molecule has 0 aliphatic heterocycles. The first-order valence-electron chi connectivity index (χ1n) is 13.9. The molecular formula is C30H40N4O2S. The number of hydrogen-bond acceptors (Lipinski definition) is 6. The summed E-state index contributed by atoms with van der Waals surface area (Å²) in [5, 5.41) is 4.33. The molecule has 2 heterocycles. The van der Waals surface area contributed by atoms with Crippen molar-refractivity contribution in [1.82, 2.24) is 20.3 Å². The third kappa shape index (κ3) is 7.67. The van der Waals surface area contributed by atoms with E-state index in [2.05, 4.69) is 47.3 Å². The van der Waals surface area contributed by atoms with Crippen LogP contribution in [0.3, 0.4) is 0 Å². The number of carbonyl (C=O) groups excluding carboxylic acids is 2. The zero-order valence-corrected chi connectivity index (χ0v) is 23.2. The molecule has 0 radical (unpaired) electrons. The lowest BCUT2D eigenvalue weighted by Crippen LogP contribution is -2.45. The van der Waals surface area contributed by atoms with Crippen molar-refractivity contribution in [1.29, 1.82) is 0 Å². The van der Waals surface area contributed by atoms with Crippen LogP contribution in [-0.4, -0.2) is 32.7 Å². The largest absolute Gasteiger partial charge is 0.353 e. The molecule has 0 unspecified atom stereocenters. The van der Waals surface area contributed by atoms with Gasteiger partial charge in [-0.25, -0.2) is 15.0 Å². The molecule has 1 N–H and O–H groups in total. The van der Waals surface area contributed by atoms with E-state index >= 15 is 0 Å². The van der Waals surface area contributed by atoms with Crippen molar-refractivity contribution in [2.45, 2.75) is 96.9 Å². The van der Waals surface area contributed by atoms with Gasteiger partial charge in [-0.05, 0) is 61.3 Å². The van der Waals surface area contributed by atoms with E-state index in [1.165, 1.54) is 24.8 Å². The summed E-state index contributed by atoms with van der Waals surface area (Å²) in [6.45, 7) is 6.25. The fraction of sp³-hybridized carbons (Fsp3) is 0.567. The predicted octanol–water partition coefficient (Wildman–Crippen LogP) is 6.44. The third-order valence-corrected chi connectivity index (χ3v) is 8.73. The van der Waals surface area contributed by atoms with Gasteiger partial charge in [-0.1, -0.05) is 46.1 Å². The van der Waals surface area contributed by atoms with Crippen LogP contribution < -0.4 is 5.32 Å². The lowest BCUT2D eigenvalue weighted by molar-refractivity contribution is -0.130. The highest BCUT2D eigenvalue weighted by molar-refractivity contribution is 7.18. The van der Waals surface area contributed by atoms with E-state index in [0.29, 0.717) is 24.7 Å². The topological polar surface area (TPSA) is 84.8 Å². The Morgan fingerprint density at radius 1 is 1.14 bits per heavy atom. The number of aryl methyl sites for hydroxylation is 1. The second-order valence-corrected chi connectivity index (χ2v) is 11.9. The molecule has 2 aromatic heterocycles. The van der Waals surface area contributed by atoms with Gasteiger partial charge in [-0.2, -0.15) is 0 Å². The summed E-state index contributed by atoms with van der Waals surface area (Å²) in [6.07, 6.45) is 12.2. The number of benzene rings is 1. The Labute approximate surface area is 224 Å². The quantitative estimate of drug-likeness (QED) is 0.297. The summed E-state index contributed by atoms with van der Waals surface area (Å²) in [4.78, 5) is 39.4. The Morgan fingerprint density at radius 3 is 2.65 bits per heavy atom. The lowest BCUT2D eigenvalue weighted by atomic mass is 9.81. The van der Waals surface area contributed by atoms with Gasteiger partial charge in [0.1, 0.15) is 12.1 Å². The number of ketones is 1. The highest BCUT2D eigenvalue weighted by Gasteiger charge is 2.29. The highest BCUT2D eigenvalue weighted by atomic mass is 32.1. The van der Waals surface area contributed by atoms with Crippen molar-refractivity contribution >= 4 is 33.2 Å². The normalized spacial score (nSPS) is 16.1. The standard InChI is InChI=1S/C30H40N4O2S/c1-4-25(35)16-23(18-29-33-27-12-10-22(20(2)3)17-28(27)37-29)30(36)34-26(21-8-6-5-7-9-21)13-11-24-14-15-31-19-32-24/h10,12,14-15,17,19-21,23,26H,4-9,11,13,16,18H2,1-3H3,(H,34,36)/t23-,26+/m0/s1. The van der Waals surface area contributed by atoms with Crippen molar-refractivity contribution in [3.8, 4) is 0 Å². The highest BCUT2D eigenvalue weighted by Crippen LogP contribution is 2.30. The number of hydrogen-bond donors (Lipinski definition) is 1. The molecule has 37 heavy (non-hydrogen) atoms. The summed E-state index contributed by atoms with van der Waals surface area (Å²) in [6, 6.07) is 8.45. The fourth-order valence-corrected chi connectivity index (χ4v) is 6.45. The van der Waals surface area contributed by atoms with E-state index in [1.54, 1.807) is 23.9 Å². The molecule has 1 saturated carbocycles. The molecular weight excluding hydrogens is 480 g/mol. The predicted molar refractivity (Wildman–Crippen MR) is 150 cm³/mol. The van der Waals surface area contributed by atoms with Crippen molar-refractivity contribution < 1.29 is 9.59 Å². The van der Waals surface area contributed by atoms with Crippen LogP contribution in [-0.2, 0) is 22.4 Å². The van der Waals surface area contributed by atoms with E-state index < -0.39 is 5.92 Å². The van der Waals surface area contributed by atoms with E-state index in [1.807, 2.05) is 13.0 Å². The molecule has 0 bridgehead atoms. The monoisotopic (exact) mass is 520 g/mol. The number of fused-ring (bicyclic) bond motifs is 1. The van der Waals surface area contributed by atoms with Crippen LogP contribution in [0.25, 0.3) is 10.2 Å². The van der Waals surface area contributed by atoms with Crippen LogP contribution >= 0.6 is 11.3 Å². The van der Waals surface area contributed by atoms with Gasteiger partial charge in [0.05, 0.1) is 21.1 Å². The number of nitrogens with zero attached hydrogens (tertiary/aromatic N) is 3. The molecule has 6 nitrogen and oxygen atoms in total. The van der Waals surface area contributed by atoms with Gasteiger partial charge in [-0.3, -0.25) is 9.59 Å². The smallest absolute Gasteiger partial charge is 0.224 e. The Kier molecular flexibility index (Phi) is 9.78. The molecule has 1 aliphatic carbocycles. The SMILES string of the molecule is CCC(=O)C[C@@H](Cc1nc2ccc(C(C)C)cc2s1)C(=O)N[C@H](CCc1ccncn1)C1CCCCC1. The Balaban J connectivity index is 1.50. The number of rotatable bonds is 12. The summed E-state index contributed by atoms with van der Waals surface area (Å²) in [5.74, 6) is 0.636. The van der Waals surface area contributed by atoms with Crippen LogP contribution in [0.4, 0.5) is 0 Å². The molecule has 0 spiro atoms. The Morgan fingerprint density at radius 2 is 1.95 bits per heavy atom. The van der Waals surface area contributed by atoms with Crippen LogP contribution in [0.15, 0.2) is 36.8 Å². The Bertz CT molecular complexity index is 1170. The summed E-state index contributed by atoms with van der Waals surface area (Å²) >= 11 is 1.65. The van der Waals surface area contributed by atoms with Gasteiger partial charge in [0.2, 0.25) is 5.91 Å². The molecule has 1 aliphatic rings. The summed E-state index contributed by atoms with van der Waals surface area (Å²) in [5.41, 5.74) is 3.26. The molecule has 198 valence electrons. The van der Waals surface area contributed by atoms with Crippen molar-refractivity contribution in [2.24, 2.45) is 11.8 Å². The molecule has 1 fully saturated rings. The van der Waals surface area contributed by atoms with Gasteiger partial charge in [-0.15, -0.1) is 11.3 Å². The number of amides is 1. The van der Waals surface area contributed by atoms with Crippen LogP contribution in [0.5, 0.6) is 0 Å². The molecule has 3 aromatic rings. The average Bonchev–Trinajstić information content (AvgIpc) is 3.33. The maximum absolute atomic E-state index is 13.7. The number of thiazole rings is 1. The average molecular weight is 521 g/mol.